The molecule has 0 spiro atoms. The molecule has 1 amide bonds. The second kappa shape index (κ2) is 5.91. The van der Waals surface area contributed by atoms with E-state index in [0.717, 1.165) is 11.3 Å². The molecule has 0 unspecified atom stereocenters. The average molecular weight is 304 g/mol. The van der Waals surface area contributed by atoms with Crippen molar-refractivity contribution in [2.75, 3.05) is 11.9 Å². The lowest BCUT2D eigenvalue weighted by Gasteiger charge is -2.10. The van der Waals surface area contributed by atoms with Gasteiger partial charge >= 0.3 is 6.09 Å². The highest BCUT2D eigenvalue weighted by atomic mass is 35.6. The summed E-state index contributed by atoms with van der Waals surface area (Å²) < 4.78 is 3.07. The molecule has 0 radical (unpaired) electrons. The molecule has 0 aliphatic rings. The number of aromatic nitrogens is 1. The normalized spacial score (nSPS) is 11.2. The van der Waals surface area contributed by atoms with Crippen molar-refractivity contribution in [1.29, 1.82) is 0 Å². The largest absolute Gasteiger partial charge is 0.445 e. The van der Waals surface area contributed by atoms with Gasteiger partial charge in [-0.3, -0.25) is 5.32 Å². The zero-order valence-electron chi connectivity index (χ0n) is 8.30. The van der Waals surface area contributed by atoms with Gasteiger partial charge in [0.25, 0.3) is 0 Å². The number of alkyl halides is 3. The third-order valence-corrected chi connectivity index (χ3v) is 2.86. The zero-order valence-corrected chi connectivity index (χ0v) is 11.4. The monoisotopic (exact) mass is 302 g/mol. The maximum Gasteiger partial charge on any atom is 0.413 e. The summed E-state index contributed by atoms with van der Waals surface area (Å²) in [6.45, 7) is 1.69. The smallest absolute Gasteiger partial charge is 0.413 e. The molecule has 8 heteroatoms. The third-order valence-electron chi connectivity index (χ3n) is 1.48. The molecular weight excluding hydrogens is 295 g/mol. The van der Waals surface area contributed by atoms with Crippen molar-refractivity contribution in [3.05, 3.63) is 11.1 Å². The predicted octanol–water partition coefficient (Wildman–Crippen LogP) is 3.62. The van der Waals surface area contributed by atoms with Crippen LogP contribution in [0.1, 0.15) is 11.8 Å². The van der Waals surface area contributed by atoms with E-state index in [1.165, 1.54) is 11.3 Å². The second-order valence-corrected chi connectivity index (χ2v) is 6.43. The van der Waals surface area contributed by atoms with Crippen molar-refractivity contribution in [3.63, 3.8) is 0 Å². The lowest BCUT2D eigenvalue weighted by atomic mass is 10.4. The van der Waals surface area contributed by atoms with Crippen LogP contribution in [0.5, 0.6) is 0 Å². The number of ether oxygens (including phenoxy) is 1. The second-order valence-electron chi connectivity index (χ2n) is 2.80. The van der Waals surface area contributed by atoms with Gasteiger partial charge < -0.3 is 4.74 Å². The van der Waals surface area contributed by atoms with Gasteiger partial charge in [-0.15, -0.1) is 11.3 Å². The van der Waals surface area contributed by atoms with Crippen LogP contribution in [0.25, 0.3) is 0 Å². The molecule has 0 aliphatic heterocycles. The first kappa shape index (κ1) is 13.8. The minimum Gasteiger partial charge on any atom is -0.445 e. The number of halogens is 3. The number of rotatable bonds is 3. The third kappa shape index (κ3) is 5.21. The Balaban J connectivity index is 2.40. The molecule has 0 aliphatic carbocycles. The van der Waals surface area contributed by atoms with E-state index in [2.05, 4.69) is 15.0 Å². The Morgan fingerprint density at radius 2 is 2.31 bits per heavy atom. The fourth-order valence-corrected chi connectivity index (χ4v) is 1.70. The molecule has 16 heavy (non-hydrogen) atoms. The summed E-state index contributed by atoms with van der Waals surface area (Å²) >= 11 is 17.6. The lowest BCUT2D eigenvalue weighted by molar-refractivity contribution is 0.164. The van der Waals surface area contributed by atoms with Gasteiger partial charge in [0.15, 0.2) is 5.13 Å². The molecule has 0 bridgehead atoms. The van der Waals surface area contributed by atoms with Gasteiger partial charge in [-0.1, -0.05) is 41.7 Å². The maximum absolute atomic E-state index is 11.2. The number of carbonyl (C=O) groups excluding carboxylic acids is 1. The maximum atomic E-state index is 11.2. The Labute approximate surface area is 112 Å². The van der Waals surface area contributed by atoms with Gasteiger partial charge in [-0.25, -0.2) is 9.78 Å². The summed E-state index contributed by atoms with van der Waals surface area (Å²) in [4.78, 5) is 16.3. The number of amides is 1. The Morgan fingerprint density at radius 1 is 1.62 bits per heavy atom. The molecule has 1 aromatic heterocycles. The van der Waals surface area contributed by atoms with Crippen molar-refractivity contribution in [3.8, 4) is 0 Å². The van der Waals surface area contributed by atoms with E-state index >= 15 is 0 Å². The Morgan fingerprint density at radius 3 is 2.81 bits per heavy atom. The first-order chi connectivity index (χ1) is 7.40. The number of carbonyl (C=O) groups is 1. The quantitative estimate of drug-likeness (QED) is 0.868. The fourth-order valence-electron chi connectivity index (χ4n) is 0.800. The first-order valence-corrected chi connectivity index (χ1v) is 6.31. The van der Waals surface area contributed by atoms with Crippen LogP contribution in [-0.4, -0.2) is 21.5 Å². The molecule has 90 valence electrons. The summed E-state index contributed by atoms with van der Waals surface area (Å²) in [6.07, 6.45) is 1.86. The van der Waals surface area contributed by atoms with Crippen molar-refractivity contribution >= 4 is 57.4 Å². The number of hydrogen-bond donors (Lipinski definition) is 1. The standard InChI is InChI=1S/C8H9Cl3N2O2S/c1-2-5-3-12-6(16-5)13-7(14)15-4-8(9,10)11/h3H,2,4H2,1H3,(H,12,13,14). The molecule has 1 heterocycles. The van der Waals surface area contributed by atoms with E-state index in [-0.39, 0.29) is 6.61 Å². The minimum atomic E-state index is -1.60. The van der Waals surface area contributed by atoms with Crippen LogP contribution in [0.2, 0.25) is 0 Å². The van der Waals surface area contributed by atoms with E-state index in [0.29, 0.717) is 5.13 Å². The minimum absolute atomic E-state index is 0.310. The number of nitrogens with one attached hydrogen (secondary N) is 1. The first-order valence-electron chi connectivity index (χ1n) is 4.36. The van der Waals surface area contributed by atoms with Crippen molar-refractivity contribution in [1.82, 2.24) is 4.98 Å². The van der Waals surface area contributed by atoms with Gasteiger partial charge in [-0.2, -0.15) is 0 Å². The molecule has 1 N–H and O–H groups in total. The Kier molecular flexibility index (Phi) is 5.11. The van der Waals surface area contributed by atoms with E-state index < -0.39 is 9.89 Å². The number of nitrogens with zero attached hydrogens (tertiary/aromatic N) is 1. The molecule has 0 fully saturated rings. The van der Waals surface area contributed by atoms with Crippen LogP contribution >= 0.6 is 46.1 Å². The van der Waals surface area contributed by atoms with Crippen LogP contribution in [0.3, 0.4) is 0 Å². The predicted molar refractivity (Wildman–Crippen MR) is 66.8 cm³/mol. The van der Waals surface area contributed by atoms with E-state index in [9.17, 15) is 4.79 Å². The van der Waals surface area contributed by atoms with Crippen LogP contribution in [0, 0.1) is 0 Å². The summed E-state index contributed by atoms with van der Waals surface area (Å²) in [5.74, 6) is 0. The van der Waals surface area contributed by atoms with Crippen LogP contribution in [-0.2, 0) is 11.2 Å². The van der Waals surface area contributed by atoms with Crippen molar-refractivity contribution < 1.29 is 9.53 Å². The lowest BCUT2D eigenvalue weighted by Crippen LogP contribution is -2.21. The fraction of sp³-hybridized carbons (Fsp3) is 0.500. The van der Waals surface area contributed by atoms with Crippen molar-refractivity contribution in [2.45, 2.75) is 17.1 Å². The number of hydrogen-bond acceptors (Lipinski definition) is 4. The molecular formula is C8H9Cl3N2O2S. The number of aryl methyl sites for hydroxylation is 1. The highest BCUT2D eigenvalue weighted by Crippen LogP contribution is 2.26. The van der Waals surface area contributed by atoms with Gasteiger partial charge in [0.1, 0.15) is 6.61 Å². The zero-order chi connectivity index (χ0) is 12.2. The van der Waals surface area contributed by atoms with Gasteiger partial charge in [0, 0.05) is 11.1 Å². The average Bonchev–Trinajstić information content (AvgIpc) is 2.61. The molecule has 0 saturated heterocycles. The molecule has 1 rings (SSSR count). The van der Waals surface area contributed by atoms with E-state index in [4.69, 9.17) is 34.8 Å². The summed E-state index contributed by atoms with van der Waals surface area (Å²) in [5, 5.41) is 2.90. The van der Waals surface area contributed by atoms with Gasteiger partial charge in [0.05, 0.1) is 0 Å². The van der Waals surface area contributed by atoms with Gasteiger partial charge in [-0.05, 0) is 6.42 Å². The number of anilines is 1. The molecule has 0 aromatic carbocycles. The van der Waals surface area contributed by atoms with Crippen LogP contribution in [0.4, 0.5) is 9.93 Å². The highest BCUT2D eigenvalue weighted by molar-refractivity contribution is 7.15. The Hall–Kier alpha value is -0.230. The topological polar surface area (TPSA) is 51.2 Å². The van der Waals surface area contributed by atoms with E-state index in [1.807, 2.05) is 6.92 Å². The molecule has 1 aromatic rings. The van der Waals surface area contributed by atoms with Crippen molar-refractivity contribution in [2.24, 2.45) is 0 Å². The summed E-state index contributed by atoms with van der Waals surface area (Å²) in [5.41, 5.74) is 0. The SMILES string of the molecule is CCc1cnc(NC(=O)OCC(Cl)(Cl)Cl)s1. The molecule has 0 atom stereocenters. The summed E-state index contributed by atoms with van der Waals surface area (Å²) in [6, 6.07) is 0. The molecule has 0 saturated carbocycles. The molecule has 4 nitrogen and oxygen atoms in total. The van der Waals surface area contributed by atoms with Crippen LogP contribution in [0.15, 0.2) is 6.20 Å². The number of thiazole rings is 1. The van der Waals surface area contributed by atoms with E-state index in [1.54, 1.807) is 6.20 Å². The van der Waals surface area contributed by atoms with Gasteiger partial charge in [0.2, 0.25) is 3.79 Å². The Bertz CT molecular complexity index is 364. The van der Waals surface area contributed by atoms with Crippen LogP contribution < -0.4 is 5.32 Å². The highest BCUT2D eigenvalue weighted by Gasteiger charge is 2.22. The summed E-state index contributed by atoms with van der Waals surface area (Å²) in [7, 11) is 0.